The summed E-state index contributed by atoms with van der Waals surface area (Å²) in [5.74, 6) is 0.425. The van der Waals surface area contributed by atoms with Crippen molar-refractivity contribution in [1.29, 1.82) is 0 Å². The third kappa shape index (κ3) is 2.94. The molecule has 0 fully saturated rings. The number of aromatic nitrogens is 2. The van der Waals surface area contributed by atoms with Gasteiger partial charge in [0.05, 0.1) is 22.1 Å². The third-order valence-electron chi connectivity index (χ3n) is 8.23. The van der Waals surface area contributed by atoms with Crippen molar-refractivity contribution in [3.8, 4) is 5.69 Å². The largest absolute Gasteiger partial charge is 0.365 e. The summed E-state index contributed by atoms with van der Waals surface area (Å²) in [6, 6.07) is 42.0. The molecule has 5 aromatic carbocycles. The number of benzene rings is 5. The molecule has 7 aromatic rings. The quantitative estimate of drug-likeness (QED) is 0.264. The molecule has 8 rings (SSSR count). The van der Waals surface area contributed by atoms with Gasteiger partial charge in [-0.15, -0.1) is 0 Å². The molecule has 3 heteroatoms. The van der Waals surface area contributed by atoms with E-state index in [4.69, 9.17) is 0 Å². The summed E-state index contributed by atoms with van der Waals surface area (Å²) in [4.78, 5) is 0. The summed E-state index contributed by atoms with van der Waals surface area (Å²) in [6.45, 7) is 2.37. The van der Waals surface area contributed by atoms with Crippen molar-refractivity contribution < 1.29 is 0 Å². The van der Waals surface area contributed by atoms with E-state index in [1.54, 1.807) is 0 Å². The van der Waals surface area contributed by atoms with Gasteiger partial charge in [-0.25, -0.2) is 0 Å². The zero-order valence-corrected chi connectivity index (χ0v) is 20.7. The maximum Gasteiger partial charge on any atom is 0.104 e. The molecule has 0 amide bonds. The fourth-order valence-electron chi connectivity index (χ4n) is 6.59. The van der Waals surface area contributed by atoms with E-state index in [2.05, 4.69) is 137 Å². The van der Waals surface area contributed by atoms with Gasteiger partial charge in [0.15, 0.2) is 0 Å². The normalized spacial score (nSPS) is 17.4. The Balaban J connectivity index is 1.27. The summed E-state index contributed by atoms with van der Waals surface area (Å²) in [5, 5.41) is 9.15. The van der Waals surface area contributed by atoms with Crippen LogP contribution in [0.5, 0.6) is 0 Å². The lowest BCUT2D eigenvalue weighted by Gasteiger charge is -2.34. The van der Waals surface area contributed by atoms with Gasteiger partial charge in [-0.1, -0.05) is 79.7 Å². The Labute approximate surface area is 215 Å². The van der Waals surface area contributed by atoms with Gasteiger partial charge in [0.2, 0.25) is 0 Å². The summed E-state index contributed by atoms with van der Waals surface area (Å²) in [6.07, 6.45) is 1.23. The van der Waals surface area contributed by atoms with Gasteiger partial charge >= 0.3 is 0 Å². The minimum atomic E-state index is 0.200. The van der Waals surface area contributed by atoms with Gasteiger partial charge in [-0.05, 0) is 60.4 Å². The minimum Gasteiger partial charge on any atom is -0.365 e. The lowest BCUT2D eigenvalue weighted by atomic mass is 9.90. The molecule has 1 aliphatic heterocycles. The first kappa shape index (κ1) is 20.7. The molecule has 0 saturated heterocycles. The Bertz CT molecular complexity index is 1870. The van der Waals surface area contributed by atoms with Crippen molar-refractivity contribution in [2.24, 2.45) is 0 Å². The van der Waals surface area contributed by atoms with Gasteiger partial charge < -0.3 is 14.5 Å². The van der Waals surface area contributed by atoms with Crippen LogP contribution in [-0.4, -0.2) is 9.13 Å². The molecule has 2 unspecified atom stereocenters. The number of nitrogens with one attached hydrogen (secondary N) is 1. The van der Waals surface area contributed by atoms with E-state index in [0.29, 0.717) is 5.92 Å². The summed E-state index contributed by atoms with van der Waals surface area (Å²) in [5.41, 5.74) is 8.93. The van der Waals surface area contributed by atoms with Crippen LogP contribution in [0.1, 0.15) is 31.0 Å². The zero-order valence-electron chi connectivity index (χ0n) is 20.7. The molecule has 0 spiro atoms. The fourth-order valence-corrected chi connectivity index (χ4v) is 6.59. The van der Waals surface area contributed by atoms with E-state index < -0.39 is 0 Å². The molecule has 1 N–H and O–H groups in total. The number of anilines is 1. The van der Waals surface area contributed by atoms with Crippen molar-refractivity contribution in [2.75, 3.05) is 5.32 Å². The molecule has 3 heterocycles. The molecule has 0 bridgehead atoms. The highest BCUT2D eigenvalue weighted by atomic mass is 15.2. The molecular weight excluding hydrogens is 450 g/mol. The molecule has 37 heavy (non-hydrogen) atoms. The molecule has 0 saturated carbocycles. The first-order chi connectivity index (χ1) is 18.3. The van der Waals surface area contributed by atoms with Crippen molar-refractivity contribution in [2.45, 2.75) is 25.4 Å². The molecule has 0 aliphatic carbocycles. The number of nitrogens with zero attached hydrogens (tertiary/aromatic N) is 2. The van der Waals surface area contributed by atoms with Crippen LogP contribution in [0.15, 0.2) is 115 Å². The van der Waals surface area contributed by atoms with Crippen molar-refractivity contribution in [3.05, 3.63) is 121 Å². The minimum absolute atomic E-state index is 0.200. The Morgan fingerprint density at radius 3 is 1.65 bits per heavy atom. The van der Waals surface area contributed by atoms with Crippen molar-refractivity contribution >= 4 is 49.3 Å². The van der Waals surface area contributed by atoms with Gasteiger partial charge in [0.1, 0.15) is 6.17 Å². The van der Waals surface area contributed by atoms with Crippen LogP contribution in [0.25, 0.3) is 49.3 Å². The molecular formula is C34H27N3. The Morgan fingerprint density at radius 2 is 1.08 bits per heavy atom. The predicted octanol–water partition coefficient (Wildman–Crippen LogP) is 9.01. The van der Waals surface area contributed by atoms with Crippen LogP contribution in [0.3, 0.4) is 0 Å². The van der Waals surface area contributed by atoms with Crippen LogP contribution in [0.2, 0.25) is 0 Å². The number of rotatable bonds is 2. The smallest absolute Gasteiger partial charge is 0.104 e. The highest BCUT2D eigenvalue weighted by Crippen LogP contribution is 2.43. The molecule has 1 aliphatic rings. The van der Waals surface area contributed by atoms with Gasteiger partial charge in [-0.3, -0.25) is 0 Å². The van der Waals surface area contributed by atoms with Gasteiger partial charge in [0.25, 0.3) is 0 Å². The van der Waals surface area contributed by atoms with E-state index in [0.717, 1.165) is 6.42 Å². The lowest BCUT2D eigenvalue weighted by molar-refractivity contribution is 0.482. The highest BCUT2D eigenvalue weighted by molar-refractivity contribution is 6.09. The highest BCUT2D eigenvalue weighted by Gasteiger charge is 2.27. The Hall–Kier alpha value is -4.50. The van der Waals surface area contributed by atoms with Crippen LogP contribution < -0.4 is 5.32 Å². The topological polar surface area (TPSA) is 21.9 Å². The van der Waals surface area contributed by atoms with E-state index >= 15 is 0 Å². The summed E-state index contributed by atoms with van der Waals surface area (Å²) in [7, 11) is 0. The van der Waals surface area contributed by atoms with Crippen LogP contribution in [0, 0.1) is 0 Å². The number of hydrogen-bond acceptors (Lipinski definition) is 1. The number of para-hydroxylation sites is 4. The SMILES string of the molecule is CC1CC(n2c3ccccc3c3ccccc32)Nc2ccc(-n3c4ccccc4c4ccccc43)cc21. The molecule has 2 atom stereocenters. The van der Waals surface area contributed by atoms with Crippen LogP contribution >= 0.6 is 0 Å². The van der Waals surface area contributed by atoms with E-state index in [-0.39, 0.29) is 6.17 Å². The van der Waals surface area contributed by atoms with Gasteiger partial charge in [-0.2, -0.15) is 0 Å². The lowest BCUT2D eigenvalue weighted by Crippen LogP contribution is -2.25. The maximum absolute atomic E-state index is 3.91. The second-order valence-electron chi connectivity index (χ2n) is 10.3. The molecule has 178 valence electrons. The Kier molecular flexibility index (Phi) is 4.33. The van der Waals surface area contributed by atoms with E-state index in [1.807, 2.05) is 0 Å². The standard InChI is InChI=1S/C34H27N3/c1-22-20-34(37-32-16-8-4-12-26(32)27-13-5-9-17-33(27)37)35-29-19-18-23(21-28(22)29)36-30-14-6-2-10-24(30)25-11-3-7-15-31(25)36/h2-19,21-22,34-35H,20H2,1H3. The first-order valence-corrected chi connectivity index (χ1v) is 13.1. The zero-order chi connectivity index (χ0) is 24.5. The molecule has 0 radical (unpaired) electrons. The Morgan fingerprint density at radius 1 is 0.595 bits per heavy atom. The number of hydrogen-bond donors (Lipinski definition) is 1. The first-order valence-electron chi connectivity index (χ1n) is 13.1. The van der Waals surface area contributed by atoms with Crippen molar-refractivity contribution in [3.63, 3.8) is 0 Å². The maximum atomic E-state index is 3.91. The third-order valence-corrected chi connectivity index (χ3v) is 8.23. The molecule has 3 nitrogen and oxygen atoms in total. The monoisotopic (exact) mass is 477 g/mol. The molecule has 2 aromatic heterocycles. The average Bonchev–Trinajstić information content (AvgIpc) is 3.46. The van der Waals surface area contributed by atoms with E-state index in [1.165, 1.54) is 60.5 Å². The fraction of sp³-hybridized carbons (Fsp3) is 0.118. The second kappa shape index (κ2) is 7.75. The van der Waals surface area contributed by atoms with Crippen LogP contribution in [-0.2, 0) is 0 Å². The van der Waals surface area contributed by atoms with Crippen LogP contribution in [0.4, 0.5) is 5.69 Å². The summed E-state index contributed by atoms with van der Waals surface area (Å²) < 4.78 is 4.92. The second-order valence-corrected chi connectivity index (χ2v) is 10.3. The van der Waals surface area contributed by atoms with Gasteiger partial charge in [0, 0.05) is 32.9 Å². The average molecular weight is 478 g/mol. The van der Waals surface area contributed by atoms with Crippen molar-refractivity contribution in [1.82, 2.24) is 9.13 Å². The number of fused-ring (bicyclic) bond motifs is 7. The summed E-state index contributed by atoms with van der Waals surface area (Å²) >= 11 is 0. The van der Waals surface area contributed by atoms with E-state index in [9.17, 15) is 0 Å². The predicted molar refractivity (Wildman–Crippen MR) is 156 cm³/mol.